The quantitative estimate of drug-likeness (QED) is 0.331. The number of fused-ring (bicyclic) bond motifs is 1. The zero-order chi connectivity index (χ0) is 21.5. The number of carbonyl (C=O) groups is 1. The number of ether oxygens (including phenoxy) is 2. The molecule has 2 fully saturated rings. The van der Waals surface area contributed by atoms with Gasteiger partial charge in [-0.3, -0.25) is 4.79 Å². The van der Waals surface area contributed by atoms with Crippen molar-refractivity contribution in [3.8, 4) is 0 Å². The lowest BCUT2D eigenvalue weighted by atomic mass is 10.1. The number of aliphatic imine (C=N–C) groups is 1. The highest BCUT2D eigenvalue weighted by Crippen LogP contribution is 2.27. The summed E-state index contributed by atoms with van der Waals surface area (Å²) in [5, 5.41) is 3.36. The van der Waals surface area contributed by atoms with E-state index in [4.69, 9.17) is 9.47 Å². The normalized spacial score (nSPS) is 21.8. The van der Waals surface area contributed by atoms with E-state index in [1.54, 1.807) is 0 Å². The number of carbonyl (C=O) groups excluding carboxylic acids is 1. The minimum Gasteiger partial charge on any atom is -0.376 e. The maximum Gasteiger partial charge on any atom is 0.248 e. The summed E-state index contributed by atoms with van der Waals surface area (Å²) in [7, 11) is 0. The van der Waals surface area contributed by atoms with Gasteiger partial charge in [0, 0.05) is 38.5 Å². The Morgan fingerprint density at radius 2 is 2.00 bits per heavy atom. The lowest BCUT2D eigenvalue weighted by Crippen LogP contribution is -2.47. The lowest BCUT2D eigenvalue weighted by Gasteiger charge is -2.35. The highest BCUT2D eigenvalue weighted by molar-refractivity contribution is 14.0. The first-order valence-corrected chi connectivity index (χ1v) is 11.9. The van der Waals surface area contributed by atoms with Crippen LogP contribution >= 0.6 is 24.0 Å². The van der Waals surface area contributed by atoms with Gasteiger partial charge in [0.05, 0.1) is 18.8 Å². The number of likely N-dealkylation sites (tertiary alicyclic amines) is 1. The third-order valence-corrected chi connectivity index (χ3v) is 6.42. The van der Waals surface area contributed by atoms with Crippen LogP contribution in [0.3, 0.4) is 0 Å². The van der Waals surface area contributed by atoms with Gasteiger partial charge in [-0.1, -0.05) is 18.2 Å². The van der Waals surface area contributed by atoms with Crippen LogP contribution in [0.5, 0.6) is 0 Å². The first-order chi connectivity index (χ1) is 15.2. The van der Waals surface area contributed by atoms with Crippen LogP contribution in [-0.4, -0.2) is 74.9 Å². The number of rotatable bonds is 6. The van der Waals surface area contributed by atoms with Crippen molar-refractivity contribution in [3.05, 3.63) is 29.8 Å². The van der Waals surface area contributed by atoms with E-state index in [1.165, 1.54) is 18.4 Å². The minimum atomic E-state index is 0. The summed E-state index contributed by atoms with van der Waals surface area (Å²) in [4.78, 5) is 21.6. The van der Waals surface area contributed by atoms with Gasteiger partial charge >= 0.3 is 0 Å². The molecule has 0 radical (unpaired) electrons. The van der Waals surface area contributed by atoms with Gasteiger partial charge < -0.3 is 24.6 Å². The predicted octanol–water partition coefficient (Wildman–Crippen LogP) is 3.21. The molecule has 1 atom stereocenters. The van der Waals surface area contributed by atoms with Gasteiger partial charge in [-0.2, -0.15) is 0 Å². The smallest absolute Gasteiger partial charge is 0.248 e. The second-order valence-electron chi connectivity index (χ2n) is 8.60. The van der Waals surface area contributed by atoms with E-state index in [9.17, 15) is 4.79 Å². The maximum absolute atomic E-state index is 12.8. The van der Waals surface area contributed by atoms with Crippen molar-refractivity contribution >= 4 is 41.5 Å². The average molecular weight is 556 g/mol. The molecule has 7 nitrogen and oxygen atoms in total. The standard InChI is InChI=1S/C24H36N4O3.HI/c1-2-25-24(26-17-23(29)28-15-10-19-7-3-4-9-22(19)28)27-13-11-20(12-14-27)31-18-21-8-5-6-16-30-21;/h3-4,7,9,20-21H,2,5-6,8,10-18H2,1H3,(H,25,26);1H. The Morgan fingerprint density at radius 3 is 2.75 bits per heavy atom. The molecule has 0 aliphatic carbocycles. The summed E-state index contributed by atoms with van der Waals surface area (Å²) in [5.41, 5.74) is 2.28. The van der Waals surface area contributed by atoms with E-state index in [1.807, 2.05) is 23.1 Å². The molecular formula is C24H37IN4O3. The van der Waals surface area contributed by atoms with Crippen LogP contribution in [0.4, 0.5) is 5.69 Å². The molecule has 3 aliphatic heterocycles. The number of nitrogens with one attached hydrogen (secondary N) is 1. The molecule has 1 N–H and O–H groups in total. The molecule has 0 aromatic heterocycles. The predicted molar refractivity (Wildman–Crippen MR) is 138 cm³/mol. The number of guanidine groups is 1. The maximum atomic E-state index is 12.8. The molecule has 0 spiro atoms. The lowest BCUT2D eigenvalue weighted by molar-refractivity contribution is -0.117. The molecule has 8 heteroatoms. The monoisotopic (exact) mass is 556 g/mol. The fraction of sp³-hybridized carbons (Fsp3) is 0.667. The summed E-state index contributed by atoms with van der Waals surface area (Å²) in [5.74, 6) is 0.892. The first kappa shape index (κ1) is 25.2. The summed E-state index contributed by atoms with van der Waals surface area (Å²) in [6.07, 6.45) is 6.97. The van der Waals surface area contributed by atoms with Gasteiger partial charge in [0.2, 0.25) is 5.91 Å². The van der Waals surface area contributed by atoms with E-state index in [0.29, 0.717) is 6.61 Å². The Hall–Kier alpha value is -1.39. The Labute approximate surface area is 208 Å². The van der Waals surface area contributed by atoms with Gasteiger partial charge in [0.1, 0.15) is 6.54 Å². The number of benzene rings is 1. The van der Waals surface area contributed by atoms with Crippen LogP contribution in [0.15, 0.2) is 29.3 Å². The van der Waals surface area contributed by atoms with Crippen LogP contribution in [0.1, 0.15) is 44.6 Å². The molecule has 3 heterocycles. The molecule has 32 heavy (non-hydrogen) atoms. The van der Waals surface area contributed by atoms with Crippen molar-refractivity contribution in [1.82, 2.24) is 10.2 Å². The fourth-order valence-electron chi connectivity index (χ4n) is 4.67. The fourth-order valence-corrected chi connectivity index (χ4v) is 4.67. The summed E-state index contributed by atoms with van der Waals surface area (Å²) < 4.78 is 11.9. The van der Waals surface area contributed by atoms with Gasteiger partial charge in [0.25, 0.3) is 0 Å². The van der Waals surface area contributed by atoms with Crippen molar-refractivity contribution in [3.63, 3.8) is 0 Å². The van der Waals surface area contributed by atoms with Crippen LogP contribution in [0, 0.1) is 0 Å². The van der Waals surface area contributed by atoms with E-state index in [2.05, 4.69) is 28.2 Å². The number of para-hydroxylation sites is 1. The van der Waals surface area contributed by atoms with E-state index in [-0.39, 0.29) is 48.6 Å². The molecule has 1 aromatic rings. The van der Waals surface area contributed by atoms with Crippen molar-refractivity contribution in [2.75, 3.05) is 50.8 Å². The largest absolute Gasteiger partial charge is 0.376 e. The molecule has 3 aliphatic rings. The van der Waals surface area contributed by atoms with Crippen molar-refractivity contribution in [2.45, 2.75) is 57.7 Å². The zero-order valence-corrected chi connectivity index (χ0v) is 21.5. The number of anilines is 1. The summed E-state index contributed by atoms with van der Waals surface area (Å²) in [6.45, 7) is 7.14. The first-order valence-electron chi connectivity index (χ1n) is 11.9. The molecule has 2 saturated heterocycles. The third-order valence-electron chi connectivity index (χ3n) is 6.42. The Balaban J connectivity index is 0.00000289. The minimum absolute atomic E-state index is 0. The second-order valence-corrected chi connectivity index (χ2v) is 8.60. The van der Waals surface area contributed by atoms with E-state index in [0.717, 1.165) is 70.1 Å². The highest BCUT2D eigenvalue weighted by atomic mass is 127. The second kappa shape index (κ2) is 12.7. The highest BCUT2D eigenvalue weighted by Gasteiger charge is 2.26. The van der Waals surface area contributed by atoms with Crippen LogP contribution in [0.25, 0.3) is 0 Å². The number of piperidine rings is 1. The van der Waals surface area contributed by atoms with Gasteiger partial charge in [-0.25, -0.2) is 4.99 Å². The molecule has 0 bridgehead atoms. The van der Waals surface area contributed by atoms with Crippen molar-refractivity contribution in [1.29, 1.82) is 0 Å². The van der Waals surface area contributed by atoms with Gasteiger partial charge in [0.15, 0.2) is 5.96 Å². The van der Waals surface area contributed by atoms with Crippen molar-refractivity contribution in [2.24, 2.45) is 4.99 Å². The number of amides is 1. The number of hydrogen-bond donors (Lipinski definition) is 1. The Morgan fingerprint density at radius 1 is 1.19 bits per heavy atom. The molecule has 0 saturated carbocycles. The Kier molecular flexibility index (Phi) is 10.1. The Bertz CT molecular complexity index is 761. The summed E-state index contributed by atoms with van der Waals surface area (Å²) >= 11 is 0. The summed E-state index contributed by atoms with van der Waals surface area (Å²) in [6, 6.07) is 8.15. The SMILES string of the molecule is CCNC(=NCC(=O)N1CCc2ccccc21)N1CCC(OCC2CCCCO2)CC1.I. The van der Waals surface area contributed by atoms with E-state index >= 15 is 0 Å². The van der Waals surface area contributed by atoms with Gasteiger partial charge in [-0.15, -0.1) is 24.0 Å². The number of nitrogens with zero attached hydrogens (tertiary/aromatic N) is 3. The number of hydrogen-bond acceptors (Lipinski definition) is 4. The van der Waals surface area contributed by atoms with Crippen LogP contribution in [0.2, 0.25) is 0 Å². The molecular weight excluding hydrogens is 519 g/mol. The number of halogens is 1. The van der Waals surface area contributed by atoms with E-state index < -0.39 is 0 Å². The van der Waals surface area contributed by atoms with Crippen LogP contribution < -0.4 is 10.2 Å². The average Bonchev–Trinajstić information content (AvgIpc) is 3.26. The van der Waals surface area contributed by atoms with Crippen LogP contribution in [-0.2, 0) is 20.7 Å². The third kappa shape index (κ3) is 6.57. The topological polar surface area (TPSA) is 66.4 Å². The molecule has 4 rings (SSSR count). The molecule has 1 aromatic carbocycles. The zero-order valence-electron chi connectivity index (χ0n) is 19.1. The molecule has 1 unspecified atom stereocenters. The molecule has 178 valence electrons. The molecule has 1 amide bonds. The van der Waals surface area contributed by atoms with Gasteiger partial charge in [-0.05, 0) is 57.1 Å². The van der Waals surface area contributed by atoms with Crippen molar-refractivity contribution < 1.29 is 14.3 Å².